The van der Waals surface area contributed by atoms with Crippen LogP contribution < -0.4 is 16.2 Å². The monoisotopic (exact) mass is 444 g/mol. The second kappa shape index (κ2) is 7.40. The number of aromatic nitrogens is 3. The van der Waals surface area contributed by atoms with Crippen LogP contribution in [0.2, 0.25) is 0 Å². The van der Waals surface area contributed by atoms with Gasteiger partial charge in [-0.15, -0.1) is 17.3 Å². The number of benzene rings is 1. The lowest BCUT2D eigenvalue weighted by Crippen LogP contribution is -2.53. The van der Waals surface area contributed by atoms with Crippen molar-refractivity contribution in [2.24, 2.45) is 0 Å². The molecule has 1 aromatic carbocycles. The first-order chi connectivity index (χ1) is 15.6. The average Bonchev–Trinajstić information content (AvgIpc) is 3.37. The summed E-state index contributed by atoms with van der Waals surface area (Å²) in [5.74, 6) is 7.02. The molecule has 1 saturated carbocycles. The number of piperazine rings is 1. The maximum Gasteiger partial charge on any atom is 0.261 e. The molecule has 0 radical (unpaired) electrons. The maximum absolute atomic E-state index is 12.7. The first kappa shape index (κ1) is 19.4. The van der Waals surface area contributed by atoms with Crippen LogP contribution in [0, 0.1) is 11.8 Å². The van der Waals surface area contributed by atoms with Crippen molar-refractivity contribution in [3.63, 3.8) is 0 Å². The maximum atomic E-state index is 12.7. The quantitative estimate of drug-likeness (QED) is 0.421. The first-order valence-corrected chi connectivity index (χ1v) is 11.8. The van der Waals surface area contributed by atoms with Crippen molar-refractivity contribution in [1.82, 2.24) is 19.9 Å². The molecular weight excluding hydrogens is 420 g/mol. The molecule has 4 heterocycles. The normalized spacial score (nSPS) is 19.4. The van der Waals surface area contributed by atoms with Gasteiger partial charge in [0.05, 0.1) is 33.0 Å². The SMILES string of the molecule is CC#CC1CN(c2ccc3nc(-c4c(N)c5sccc5[nH]c4=O)[nH]c3c2)CCN1C1CC1. The summed E-state index contributed by atoms with van der Waals surface area (Å²) < 4.78 is 0.873. The van der Waals surface area contributed by atoms with Gasteiger partial charge in [0, 0.05) is 31.4 Å². The Hall–Kier alpha value is -3.28. The number of nitrogens with zero attached hydrogens (tertiary/aromatic N) is 3. The predicted molar refractivity (Wildman–Crippen MR) is 131 cm³/mol. The Kier molecular flexibility index (Phi) is 4.49. The Balaban J connectivity index is 1.35. The van der Waals surface area contributed by atoms with Crippen molar-refractivity contribution in [2.75, 3.05) is 30.3 Å². The van der Waals surface area contributed by atoms with Crippen molar-refractivity contribution in [2.45, 2.75) is 31.8 Å². The van der Waals surface area contributed by atoms with E-state index in [0.717, 1.165) is 46.6 Å². The molecule has 6 rings (SSSR count). The molecule has 1 aliphatic carbocycles. The second-order valence-electron chi connectivity index (χ2n) is 8.52. The van der Waals surface area contributed by atoms with Crippen molar-refractivity contribution < 1.29 is 0 Å². The van der Waals surface area contributed by atoms with Gasteiger partial charge >= 0.3 is 0 Å². The van der Waals surface area contributed by atoms with E-state index in [4.69, 9.17) is 5.73 Å². The summed E-state index contributed by atoms with van der Waals surface area (Å²) in [5, 5.41) is 1.92. The molecule has 4 N–H and O–H groups in total. The molecule has 2 fully saturated rings. The van der Waals surface area contributed by atoms with Gasteiger partial charge in [0.1, 0.15) is 11.4 Å². The smallest absolute Gasteiger partial charge is 0.261 e. The number of rotatable bonds is 3. The van der Waals surface area contributed by atoms with E-state index in [9.17, 15) is 4.79 Å². The number of hydrogen-bond acceptors (Lipinski definition) is 6. The molecule has 2 aliphatic rings. The highest BCUT2D eigenvalue weighted by Crippen LogP contribution is 2.34. The van der Waals surface area contributed by atoms with E-state index in [-0.39, 0.29) is 11.6 Å². The number of fused-ring (bicyclic) bond motifs is 2. The lowest BCUT2D eigenvalue weighted by atomic mass is 10.1. The molecule has 7 nitrogen and oxygen atoms in total. The van der Waals surface area contributed by atoms with Crippen LogP contribution in [-0.4, -0.2) is 51.6 Å². The van der Waals surface area contributed by atoms with Gasteiger partial charge in [-0.3, -0.25) is 9.69 Å². The minimum absolute atomic E-state index is 0.232. The predicted octanol–water partition coefficient (Wildman–Crippen LogP) is 3.39. The van der Waals surface area contributed by atoms with Gasteiger partial charge in [0.2, 0.25) is 0 Å². The summed E-state index contributed by atoms with van der Waals surface area (Å²) in [7, 11) is 0. The van der Waals surface area contributed by atoms with Crippen LogP contribution in [0.4, 0.5) is 11.4 Å². The van der Waals surface area contributed by atoms with Crippen LogP contribution in [0.5, 0.6) is 0 Å². The molecule has 162 valence electrons. The number of H-pyrrole nitrogens is 2. The highest BCUT2D eigenvalue weighted by Gasteiger charge is 2.36. The Morgan fingerprint density at radius 3 is 2.88 bits per heavy atom. The summed E-state index contributed by atoms with van der Waals surface area (Å²) in [6.45, 7) is 4.82. The van der Waals surface area contributed by atoms with Gasteiger partial charge < -0.3 is 20.6 Å². The highest BCUT2D eigenvalue weighted by molar-refractivity contribution is 7.17. The van der Waals surface area contributed by atoms with E-state index in [2.05, 4.69) is 48.7 Å². The zero-order valence-corrected chi connectivity index (χ0v) is 18.6. The zero-order chi connectivity index (χ0) is 21.8. The Bertz CT molecular complexity index is 1450. The van der Waals surface area contributed by atoms with Gasteiger partial charge in [-0.05, 0) is 49.4 Å². The lowest BCUT2D eigenvalue weighted by Gasteiger charge is -2.40. The molecule has 0 bridgehead atoms. The van der Waals surface area contributed by atoms with Crippen LogP contribution in [0.3, 0.4) is 0 Å². The van der Waals surface area contributed by atoms with E-state index < -0.39 is 0 Å². The van der Waals surface area contributed by atoms with Crippen LogP contribution in [0.25, 0.3) is 32.6 Å². The molecule has 1 unspecified atom stereocenters. The molecular formula is C24H24N6OS. The summed E-state index contributed by atoms with van der Waals surface area (Å²) in [4.78, 5) is 28.6. The molecule has 3 aromatic heterocycles. The topological polar surface area (TPSA) is 94.0 Å². The van der Waals surface area contributed by atoms with Crippen molar-refractivity contribution in [1.29, 1.82) is 0 Å². The number of nitrogens with two attached hydrogens (primary N) is 1. The van der Waals surface area contributed by atoms with Crippen LogP contribution >= 0.6 is 11.3 Å². The van der Waals surface area contributed by atoms with E-state index in [1.165, 1.54) is 24.2 Å². The largest absolute Gasteiger partial charge is 0.397 e. The molecule has 32 heavy (non-hydrogen) atoms. The van der Waals surface area contributed by atoms with Crippen LogP contribution in [0.1, 0.15) is 19.8 Å². The summed E-state index contributed by atoms with van der Waals surface area (Å²) in [6.07, 6.45) is 2.59. The molecule has 1 atom stereocenters. The number of aromatic amines is 2. The fourth-order valence-electron chi connectivity index (χ4n) is 4.75. The van der Waals surface area contributed by atoms with Crippen LogP contribution in [-0.2, 0) is 0 Å². The standard InChI is InChI=1S/C24H24N6OS/c1-2-3-16-13-29(9-10-30(16)14-4-5-14)15-6-7-17-19(12-15)27-23(26-17)20-21(25)22-18(8-11-32-22)28-24(20)31/h6-8,11-12,14,16H,4-5,9-10,13H2,1H3,(H,26,27)(H3,25,28,31). The number of thiophene rings is 1. The molecule has 8 heteroatoms. The zero-order valence-electron chi connectivity index (χ0n) is 17.8. The molecule has 0 amide bonds. The summed E-state index contributed by atoms with van der Waals surface area (Å²) >= 11 is 1.51. The fourth-order valence-corrected chi connectivity index (χ4v) is 5.57. The van der Waals surface area contributed by atoms with E-state index in [1.807, 2.05) is 24.4 Å². The van der Waals surface area contributed by atoms with E-state index in [0.29, 0.717) is 23.1 Å². The highest BCUT2D eigenvalue weighted by atomic mass is 32.1. The van der Waals surface area contributed by atoms with E-state index in [1.54, 1.807) is 0 Å². The van der Waals surface area contributed by atoms with Crippen LogP contribution in [0.15, 0.2) is 34.4 Å². The third kappa shape index (κ3) is 3.17. The first-order valence-electron chi connectivity index (χ1n) is 10.9. The van der Waals surface area contributed by atoms with Gasteiger partial charge in [0.25, 0.3) is 5.56 Å². The van der Waals surface area contributed by atoms with Crippen molar-refractivity contribution in [3.05, 3.63) is 40.0 Å². The number of nitrogens with one attached hydrogen (secondary N) is 2. The Labute approximate surface area is 189 Å². The lowest BCUT2D eigenvalue weighted by molar-refractivity contribution is 0.205. The van der Waals surface area contributed by atoms with Crippen molar-refractivity contribution in [3.8, 4) is 23.2 Å². The molecule has 1 aliphatic heterocycles. The number of pyridine rings is 1. The summed E-state index contributed by atoms with van der Waals surface area (Å²) in [5.41, 5.74) is 10.6. The molecule has 1 saturated heterocycles. The third-order valence-electron chi connectivity index (χ3n) is 6.47. The van der Waals surface area contributed by atoms with Crippen molar-refractivity contribution >= 4 is 44.0 Å². The van der Waals surface area contributed by atoms with Gasteiger partial charge in [0.15, 0.2) is 0 Å². The Morgan fingerprint density at radius 2 is 2.06 bits per heavy atom. The second-order valence-corrected chi connectivity index (χ2v) is 9.43. The van der Waals surface area contributed by atoms with E-state index >= 15 is 0 Å². The third-order valence-corrected chi connectivity index (χ3v) is 7.42. The Morgan fingerprint density at radius 1 is 1.19 bits per heavy atom. The fraction of sp³-hybridized carbons (Fsp3) is 0.333. The van der Waals surface area contributed by atoms with Gasteiger partial charge in [-0.1, -0.05) is 5.92 Å². The molecule has 0 spiro atoms. The minimum Gasteiger partial charge on any atom is -0.397 e. The molecule has 4 aromatic rings. The summed E-state index contributed by atoms with van der Waals surface area (Å²) in [6, 6.07) is 9.07. The minimum atomic E-state index is -0.232. The van der Waals surface area contributed by atoms with Gasteiger partial charge in [-0.25, -0.2) is 4.98 Å². The average molecular weight is 445 g/mol. The number of anilines is 2. The number of nitrogen functional groups attached to an aromatic ring is 1. The number of hydrogen-bond donors (Lipinski definition) is 3. The number of imidazole rings is 1. The van der Waals surface area contributed by atoms with Gasteiger partial charge in [-0.2, -0.15) is 0 Å².